The van der Waals surface area contributed by atoms with E-state index in [0.717, 1.165) is 11.0 Å². The lowest BCUT2D eigenvalue weighted by Crippen LogP contribution is -2.08. The van der Waals surface area contributed by atoms with E-state index in [9.17, 15) is 13.2 Å². The van der Waals surface area contributed by atoms with Crippen LogP contribution in [0.4, 0.5) is 13.2 Å². The zero-order chi connectivity index (χ0) is 15.5. The van der Waals surface area contributed by atoms with Gasteiger partial charge < -0.3 is 9.84 Å². The second kappa shape index (κ2) is 6.41. The lowest BCUT2D eigenvalue weighted by Gasteiger charge is -2.15. The van der Waals surface area contributed by atoms with Crippen LogP contribution in [0.25, 0.3) is 0 Å². The maximum absolute atomic E-state index is 13.0. The number of benzene rings is 2. The van der Waals surface area contributed by atoms with Crippen LogP contribution < -0.4 is 4.74 Å². The van der Waals surface area contributed by atoms with Crippen LogP contribution >= 0.6 is 11.8 Å². The summed E-state index contributed by atoms with van der Waals surface area (Å²) in [6.45, 7) is -0.453. The van der Waals surface area contributed by atoms with Gasteiger partial charge in [-0.2, -0.15) is 13.2 Å². The minimum atomic E-state index is -4.54. The van der Waals surface area contributed by atoms with Crippen LogP contribution in [0.1, 0.15) is 11.1 Å². The summed E-state index contributed by atoms with van der Waals surface area (Å²) in [4.78, 5) is 0.994. The molecule has 0 amide bonds. The van der Waals surface area contributed by atoms with Gasteiger partial charge in [-0.15, -0.1) is 11.8 Å². The third-order valence-corrected chi connectivity index (χ3v) is 3.56. The molecule has 0 radical (unpaired) electrons. The van der Waals surface area contributed by atoms with E-state index in [1.165, 1.54) is 23.9 Å². The zero-order valence-electron chi connectivity index (χ0n) is 11.1. The standard InChI is InChI=1S/C15H13F3O2S/c1-21-12-5-3-11(4-6-12)20-14-7-2-10(9-19)8-13(14)15(16,17)18/h2-8,19H,9H2,1H3. The molecule has 2 aromatic rings. The molecule has 0 atom stereocenters. The summed E-state index contributed by atoms with van der Waals surface area (Å²) in [5.41, 5.74) is -0.713. The van der Waals surface area contributed by atoms with Gasteiger partial charge in [-0.05, 0) is 48.2 Å². The molecule has 0 aliphatic carbocycles. The number of ether oxygens (including phenoxy) is 1. The molecule has 2 rings (SSSR count). The van der Waals surface area contributed by atoms with Gasteiger partial charge in [0.25, 0.3) is 0 Å². The molecule has 2 nitrogen and oxygen atoms in total. The molecule has 0 saturated carbocycles. The molecular weight excluding hydrogens is 301 g/mol. The van der Waals surface area contributed by atoms with Gasteiger partial charge in [-0.1, -0.05) is 6.07 Å². The van der Waals surface area contributed by atoms with Crippen molar-refractivity contribution in [2.75, 3.05) is 6.26 Å². The number of aliphatic hydroxyl groups is 1. The lowest BCUT2D eigenvalue weighted by atomic mass is 10.1. The fraction of sp³-hybridized carbons (Fsp3) is 0.200. The van der Waals surface area contributed by atoms with Gasteiger partial charge in [-0.3, -0.25) is 0 Å². The molecule has 21 heavy (non-hydrogen) atoms. The smallest absolute Gasteiger partial charge is 0.419 e. The Kier molecular flexibility index (Phi) is 4.80. The summed E-state index contributed by atoms with van der Waals surface area (Å²) in [5.74, 6) is 0.0478. The highest BCUT2D eigenvalue weighted by Crippen LogP contribution is 2.38. The monoisotopic (exact) mass is 314 g/mol. The van der Waals surface area contributed by atoms with Crippen LogP contribution in [0, 0.1) is 0 Å². The third-order valence-electron chi connectivity index (χ3n) is 2.82. The molecule has 2 aromatic carbocycles. The second-order valence-corrected chi connectivity index (χ2v) is 5.14. The quantitative estimate of drug-likeness (QED) is 0.829. The van der Waals surface area contributed by atoms with E-state index in [2.05, 4.69) is 0 Å². The summed E-state index contributed by atoms with van der Waals surface area (Å²) in [6.07, 6.45) is -2.63. The first-order valence-corrected chi connectivity index (χ1v) is 7.29. The van der Waals surface area contributed by atoms with E-state index < -0.39 is 18.3 Å². The number of aliphatic hydroxyl groups excluding tert-OH is 1. The minimum Gasteiger partial charge on any atom is -0.457 e. The third kappa shape index (κ3) is 3.92. The maximum Gasteiger partial charge on any atom is 0.419 e. The Morgan fingerprint density at radius 1 is 1.10 bits per heavy atom. The highest BCUT2D eigenvalue weighted by atomic mass is 32.2. The topological polar surface area (TPSA) is 29.5 Å². The first-order chi connectivity index (χ1) is 9.94. The van der Waals surface area contributed by atoms with Crippen molar-refractivity contribution in [3.8, 4) is 11.5 Å². The minimum absolute atomic E-state index is 0.187. The van der Waals surface area contributed by atoms with Gasteiger partial charge in [0.05, 0.1) is 12.2 Å². The second-order valence-electron chi connectivity index (χ2n) is 4.26. The van der Waals surface area contributed by atoms with Crippen LogP contribution in [0.15, 0.2) is 47.4 Å². The summed E-state index contributed by atoms with van der Waals surface area (Å²) >= 11 is 1.53. The predicted molar refractivity (Wildman–Crippen MR) is 75.7 cm³/mol. The summed E-state index contributed by atoms with van der Waals surface area (Å²) in [5, 5.41) is 8.96. The fourth-order valence-electron chi connectivity index (χ4n) is 1.76. The van der Waals surface area contributed by atoms with Crippen molar-refractivity contribution < 1.29 is 23.0 Å². The molecule has 0 bridgehead atoms. The van der Waals surface area contributed by atoms with Gasteiger partial charge in [0.2, 0.25) is 0 Å². The van der Waals surface area contributed by atoms with E-state index in [1.807, 2.05) is 6.26 Å². The van der Waals surface area contributed by atoms with Crippen molar-refractivity contribution in [1.82, 2.24) is 0 Å². The Bertz CT molecular complexity index is 609. The zero-order valence-corrected chi connectivity index (χ0v) is 12.0. The van der Waals surface area contributed by atoms with Gasteiger partial charge in [0, 0.05) is 4.90 Å². The molecule has 6 heteroatoms. The van der Waals surface area contributed by atoms with Crippen molar-refractivity contribution in [2.45, 2.75) is 17.7 Å². The average Bonchev–Trinajstić information content (AvgIpc) is 2.47. The first-order valence-electron chi connectivity index (χ1n) is 6.07. The maximum atomic E-state index is 13.0. The lowest BCUT2D eigenvalue weighted by molar-refractivity contribution is -0.138. The van der Waals surface area contributed by atoms with Crippen molar-refractivity contribution in [1.29, 1.82) is 0 Å². The number of hydrogen-bond acceptors (Lipinski definition) is 3. The Balaban J connectivity index is 2.34. The molecule has 0 spiro atoms. The molecule has 0 aliphatic heterocycles. The number of rotatable bonds is 4. The van der Waals surface area contributed by atoms with E-state index >= 15 is 0 Å². The Labute approximate surface area is 124 Å². The van der Waals surface area contributed by atoms with Crippen LogP contribution in [0.3, 0.4) is 0 Å². The van der Waals surface area contributed by atoms with Crippen molar-refractivity contribution in [3.63, 3.8) is 0 Å². The van der Waals surface area contributed by atoms with Gasteiger partial charge in [0.15, 0.2) is 0 Å². The largest absolute Gasteiger partial charge is 0.457 e. The molecule has 0 heterocycles. The molecule has 0 saturated heterocycles. The number of hydrogen-bond donors (Lipinski definition) is 1. The number of alkyl halides is 3. The highest BCUT2D eigenvalue weighted by molar-refractivity contribution is 7.98. The number of thioether (sulfide) groups is 1. The van der Waals surface area contributed by atoms with Crippen LogP contribution in [-0.4, -0.2) is 11.4 Å². The molecule has 112 valence electrons. The van der Waals surface area contributed by atoms with Crippen LogP contribution in [-0.2, 0) is 12.8 Å². The predicted octanol–water partition coefficient (Wildman–Crippen LogP) is 4.71. The molecule has 1 N–H and O–H groups in total. The van der Waals surface area contributed by atoms with Gasteiger partial charge in [0.1, 0.15) is 11.5 Å². The van der Waals surface area contributed by atoms with E-state index in [-0.39, 0.29) is 11.3 Å². The van der Waals surface area contributed by atoms with Gasteiger partial charge >= 0.3 is 6.18 Å². The van der Waals surface area contributed by atoms with E-state index in [1.54, 1.807) is 24.3 Å². The molecule has 0 aromatic heterocycles. The normalized spacial score (nSPS) is 11.5. The fourth-order valence-corrected chi connectivity index (χ4v) is 2.16. The summed E-state index contributed by atoms with van der Waals surface area (Å²) in [6, 6.07) is 10.3. The van der Waals surface area contributed by atoms with Crippen molar-refractivity contribution >= 4 is 11.8 Å². The highest BCUT2D eigenvalue weighted by Gasteiger charge is 2.34. The average molecular weight is 314 g/mol. The summed E-state index contributed by atoms with van der Waals surface area (Å²) < 4.78 is 44.4. The van der Waals surface area contributed by atoms with E-state index in [4.69, 9.17) is 9.84 Å². The Morgan fingerprint density at radius 3 is 2.29 bits per heavy atom. The summed E-state index contributed by atoms with van der Waals surface area (Å²) in [7, 11) is 0. The van der Waals surface area contributed by atoms with Crippen LogP contribution in [0.2, 0.25) is 0 Å². The SMILES string of the molecule is CSc1ccc(Oc2ccc(CO)cc2C(F)(F)F)cc1. The van der Waals surface area contributed by atoms with Gasteiger partial charge in [-0.25, -0.2) is 0 Å². The molecular formula is C15H13F3O2S. The van der Waals surface area contributed by atoms with Crippen molar-refractivity contribution in [2.24, 2.45) is 0 Å². The Hall–Kier alpha value is -1.66. The van der Waals surface area contributed by atoms with E-state index in [0.29, 0.717) is 5.75 Å². The van der Waals surface area contributed by atoms with Crippen LogP contribution in [0.5, 0.6) is 11.5 Å². The van der Waals surface area contributed by atoms with Crippen molar-refractivity contribution in [3.05, 3.63) is 53.6 Å². The molecule has 0 unspecified atom stereocenters. The molecule has 0 aliphatic rings. The number of halogens is 3. The molecule has 0 fully saturated rings. The first kappa shape index (κ1) is 15.7. The Morgan fingerprint density at radius 2 is 1.76 bits per heavy atom.